The summed E-state index contributed by atoms with van der Waals surface area (Å²) in [6.07, 6.45) is 2.13. The standard InChI is InChI=1S/C15H17NO4/c17-14(16-7-8-20-13(9-16)15(18)19)12-6-2-4-10-3-1-5-11(10)12/h2,4,6,13H,1,3,5,7-9H2,(H,18,19)/t13-/m1/s1. The Morgan fingerprint density at radius 2 is 2.15 bits per heavy atom. The van der Waals surface area contributed by atoms with Crippen molar-refractivity contribution < 1.29 is 19.4 Å². The summed E-state index contributed by atoms with van der Waals surface area (Å²) in [7, 11) is 0. The number of rotatable bonds is 2. The van der Waals surface area contributed by atoms with Crippen molar-refractivity contribution in [3.63, 3.8) is 0 Å². The molecule has 20 heavy (non-hydrogen) atoms. The van der Waals surface area contributed by atoms with Crippen LogP contribution in [-0.4, -0.2) is 47.7 Å². The van der Waals surface area contributed by atoms with Gasteiger partial charge in [-0.05, 0) is 36.5 Å². The molecule has 1 amide bonds. The van der Waals surface area contributed by atoms with Crippen molar-refractivity contribution in [2.24, 2.45) is 0 Å². The summed E-state index contributed by atoms with van der Waals surface area (Å²) in [5.74, 6) is -1.08. The van der Waals surface area contributed by atoms with Gasteiger partial charge in [-0.3, -0.25) is 4.79 Å². The number of fused-ring (bicyclic) bond motifs is 1. The summed E-state index contributed by atoms with van der Waals surface area (Å²) in [4.78, 5) is 25.2. The van der Waals surface area contributed by atoms with Crippen molar-refractivity contribution in [1.82, 2.24) is 4.90 Å². The van der Waals surface area contributed by atoms with Crippen molar-refractivity contribution in [1.29, 1.82) is 0 Å². The average Bonchev–Trinajstić information content (AvgIpc) is 2.95. The van der Waals surface area contributed by atoms with Crippen LogP contribution in [-0.2, 0) is 22.4 Å². The number of benzene rings is 1. The maximum Gasteiger partial charge on any atom is 0.334 e. The van der Waals surface area contributed by atoms with Crippen LogP contribution in [0.25, 0.3) is 0 Å². The highest BCUT2D eigenvalue weighted by Crippen LogP contribution is 2.26. The van der Waals surface area contributed by atoms with E-state index in [1.165, 1.54) is 5.56 Å². The van der Waals surface area contributed by atoms with Gasteiger partial charge in [0, 0.05) is 12.1 Å². The van der Waals surface area contributed by atoms with Crippen LogP contribution in [0.3, 0.4) is 0 Å². The first-order valence-electron chi connectivity index (χ1n) is 6.91. The molecule has 1 aromatic rings. The molecular formula is C15H17NO4. The zero-order chi connectivity index (χ0) is 14.1. The topological polar surface area (TPSA) is 66.8 Å². The second-order valence-electron chi connectivity index (χ2n) is 5.25. The number of carbonyl (C=O) groups is 2. The number of aryl methyl sites for hydroxylation is 1. The zero-order valence-electron chi connectivity index (χ0n) is 11.2. The number of carboxylic acids is 1. The number of hydrogen-bond acceptors (Lipinski definition) is 3. The summed E-state index contributed by atoms with van der Waals surface area (Å²) in [5.41, 5.74) is 3.11. The molecule has 2 aliphatic rings. The maximum absolute atomic E-state index is 12.6. The number of ether oxygens (including phenoxy) is 1. The summed E-state index contributed by atoms with van der Waals surface area (Å²) in [6.45, 7) is 0.849. The Hall–Kier alpha value is -1.88. The second kappa shape index (κ2) is 5.25. The summed E-state index contributed by atoms with van der Waals surface area (Å²) >= 11 is 0. The number of morpholine rings is 1. The number of carboxylic acid groups (broad SMARTS) is 1. The van der Waals surface area contributed by atoms with E-state index in [-0.39, 0.29) is 19.1 Å². The van der Waals surface area contributed by atoms with Gasteiger partial charge in [0.1, 0.15) is 0 Å². The van der Waals surface area contributed by atoms with Gasteiger partial charge < -0.3 is 14.7 Å². The Labute approximate surface area is 117 Å². The van der Waals surface area contributed by atoms with Crippen LogP contribution in [0.4, 0.5) is 0 Å². The molecule has 1 heterocycles. The molecule has 3 rings (SSSR count). The molecule has 0 saturated carbocycles. The van der Waals surface area contributed by atoms with Crippen LogP contribution >= 0.6 is 0 Å². The first kappa shape index (κ1) is 13.1. The van der Waals surface area contributed by atoms with E-state index < -0.39 is 12.1 Å². The first-order valence-corrected chi connectivity index (χ1v) is 6.91. The lowest BCUT2D eigenvalue weighted by Gasteiger charge is -2.31. The predicted octanol–water partition coefficient (Wildman–Crippen LogP) is 1.10. The van der Waals surface area contributed by atoms with Gasteiger partial charge in [0.2, 0.25) is 0 Å². The monoisotopic (exact) mass is 275 g/mol. The fourth-order valence-corrected chi connectivity index (χ4v) is 2.97. The fraction of sp³-hybridized carbons (Fsp3) is 0.467. The SMILES string of the molecule is O=C(O)[C@H]1CN(C(=O)c2cccc3c2CCC3)CCO1. The van der Waals surface area contributed by atoms with E-state index in [4.69, 9.17) is 9.84 Å². The van der Waals surface area contributed by atoms with E-state index in [0.717, 1.165) is 30.4 Å². The average molecular weight is 275 g/mol. The van der Waals surface area contributed by atoms with Gasteiger partial charge in [0.05, 0.1) is 13.2 Å². The van der Waals surface area contributed by atoms with Crippen LogP contribution < -0.4 is 0 Å². The second-order valence-corrected chi connectivity index (χ2v) is 5.25. The molecule has 1 N–H and O–H groups in total. The summed E-state index contributed by atoms with van der Waals surface area (Å²) in [5, 5.41) is 9.00. The van der Waals surface area contributed by atoms with Crippen LogP contribution in [0, 0.1) is 0 Å². The lowest BCUT2D eigenvalue weighted by molar-refractivity contribution is -0.154. The van der Waals surface area contributed by atoms with Gasteiger partial charge in [0.25, 0.3) is 5.91 Å². The number of aliphatic carboxylic acids is 1. The van der Waals surface area contributed by atoms with Crippen LogP contribution in [0.1, 0.15) is 27.9 Å². The van der Waals surface area contributed by atoms with Crippen LogP contribution in [0.5, 0.6) is 0 Å². The minimum atomic E-state index is -1.01. The minimum Gasteiger partial charge on any atom is -0.479 e. The molecular weight excluding hydrogens is 258 g/mol. The number of nitrogens with zero attached hydrogens (tertiary/aromatic N) is 1. The number of carbonyl (C=O) groups excluding carboxylic acids is 1. The molecule has 5 nitrogen and oxygen atoms in total. The Bertz CT molecular complexity index is 555. The Morgan fingerprint density at radius 3 is 2.95 bits per heavy atom. The van der Waals surface area contributed by atoms with E-state index in [0.29, 0.717) is 6.54 Å². The van der Waals surface area contributed by atoms with Crippen molar-refractivity contribution >= 4 is 11.9 Å². The van der Waals surface area contributed by atoms with E-state index in [9.17, 15) is 9.59 Å². The molecule has 0 radical (unpaired) electrons. The molecule has 0 aromatic heterocycles. The first-order chi connectivity index (χ1) is 9.66. The highest BCUT2D eigenvalue weighted by molar-refractivity contribution is 5.96. The van der Waals surface area contributed by atoms with Gasteiger partial charge in [0.15, 0.2) is 6.10 Å². The summed E-state index contributed by atoms with van der Waals surface area (Å²) in [6, 6.07) is 5.82. The molecule has 1 saturated heterocycles. The van der Waals surface area contributed by atoms with E-state index >= 15 is 0 Å². The number of amides is 1. The smallest absolute Gasteiger partial charge is 0.334 e. The molecule has 1 atom stereocenters. The van der Waals surface area contributed by atoms with E-state index in [1.54, 1.807) is 4.90 Å². The number of hydrogen-bond donors (Lipinski definition) is 1. The van der Waals surface area contributed by atoms with Crippen LogP contribution in [0.2, 0.25) is 0 Å². The van der Waals surface area contributed by atoms with Gasteiger partial charge >= 0.3 is 5.97 Å². The third-order valence-corrected chi connectivity index (χ3v) is 4.01. The molecule has 1 aliphatic carbocycles. The fourth-order valence-electron chi connectivity index (χ4n) is 2.97. The highest BCUT2D eigenvalue weighted by Gasteiger charge is 2.31. The Kier molecular flexibility index (Phi) is 3.44. The van der Waals surface area contributed by atoms with Crippen molar-refractivity contribution in [2.75, 3.05) is 19.7 Å². The van der Waals surface area contributed by atoms with E-state index in [1.807, 2.05) is 12.1 Å². The molecule has 0 bridgehead atoms. The van der Waals surface area contributed by atoms with Crippen LogP contribution in [0.15, 0.2) is 18.2 Å². The summed E-state index contributed by atoms with van der Waals surface area (Å²) < 4.78 is 5.15. The molecule has 5 heteroatoms. The van der Waals surface area contributed by atoms with Gasteiger partial charge in [-0.25, -0.2) is 4.79 Å². The lowest BCUT2D eigenvalue weighted by Crippen LogP contribution is -2.48. The van der Waals surface area contributed by atoms with Crippen molar-refractivity contribution in [2.45, 2.75) is 25.4 Å². The minimum absolute atomic E-state index is 0.0710. The largest absolute Gasteiger partial charge is 0.479 e. The quantitative estimate of drug-likeness (QED) is 0.877. The third-order valence-electron chi connectivity index (χ3n) is 4.01. The third kappa shape index (κ3) is 2.29. The van der Waals surface area contributed by atoms with Gasteiger partial charge in [-0.15, -0.1) is 0 Å². The predicted molar refractivity (Wildman–Crippen MR) is 71.7 cm³/mol. The maximum atomic E-state index is 12.6. The van der Waals surface area contributed by atoms with Gasteiger partial charge in [-0.1, -0.05) is 12.1 Å². The molecule has 1 aromatic carbocycles. The van der Waals surface area contributed by atoms with Gasteiger partial charge in [-0.2, -0.15) is 0 Å². The normalized spacial score (nSPS) is 21.6. The highest BCUT2D eigenvalue weighted by atomic mass is 16.5. The molecule has 0 spiro atoms. The van der Waals surface area contributed by atoms with Crippen molar-refractivity contribution in [3.8, 4) is 0 Å². The molecule has 0 unspecified atom stereocenters. The Balaban J connectivity index is 1.82. The molecule has 106 valence electrons. The zero-order valence-corrected chi connectivity index (χ0v) is 11.2. The lowest BCUT2D eigenvalue weighted by atomic mass is 10.0. The molecule has 1 fully saturated rings. The van der Waals surface area contributed by atoms with E-state index in [2.05, 4.69) is 6.07 Å². The van der Waals surface area contributed by atoms with Crippen molar-refractivity contribution in [3.05, 3.63) is 34.9 Å². The Morgan fingerprint density at radius 1 is 1.30 bits per heavy atom. The molecule has 1 aliphatic heterocycles.